The van der Waals surface area contributed by atoms with Crippen LogP contribution >= 0.6 is 0 Å². The maximum atomic E-state index is 12.5. The summed E-state index contributed by atoms with van der Waals surface area (Å²) < 4.78 is 0. The molecule has 24 heavy (non-hydrogen) atoms. The number of nitrogen functional groups attached to an aromatic ring is 1. The third-order valence-electron chi connectivity index (χ3n) is 4.10. The van der Waals surface area contributed by atoms with Crippen LogP contribution in [0.25, 0.3) is 0 Å². The second-order valence-electron chi connectivity index (χ2n) is 6.03. The molecule has 0 aliphatic heterocycles. The van der Waals surface area contributed by atoms with Crippen LogP contribution in [0.3, 0.4) is 0 Å². The van der Waals surface area contributed by atoms with Crippen molar-refractivity contribution < 1.29 is 9.59 Å². The molecule has 3 N–H and O–H groups in total. The van der Waals surface area contributed by atoms with Gasteiger partial charge >= 0.3 is 0 Å². The van der Waals surface area contributed by atoms with Crippen LogP contribution in [0.1, 0.15) is 27.0 Å². The fourth-order valence-electron chi connectivity index (χ4n) is 2.44. The molecule has 0 aliphatic rings. The molecule has 2 rings (SSSR count). The van der Waals surface area contributed by atoms with Crippen molar-refractivity contribution in [1.29, 1.82) is 0 Å². The van der Waals surface area contributed by atoms with Crippen molar-refractivity contribution in [1.82, 2.24) is 4.90 Å². The van der Waals surface area contributed by atoms with Crippen LogP contribution in [0.15, 0.2) is 36.4 Å². The zero-order valence-electron chi connectivity index (χ0n) is 14.5. The van der Waals surface area contributed by atoms with E-state index in [1.165, 1.54) is 4.90 Å². The molecule has 0 unspecified atom stereocenters. The Bertz CT molecular complexity index is 784. The van der Waals surface area contributed by atoms with Crippen molar-refractivity contribution in [3.8, 4) is 0 Å². The highest BCUT2D eigenvalue weighted by Crippen LogP contribution is 2.18. The van der Waals surface area contributed by atoms with E-state index in [9.17, 15) is 9.59 Å². The fourth-order valence-corrected chi connectivity index (χ4v) is 2.44. The fraction of sp³-hybridized carbons (Fsp3) is 0.263. The largest absolute Gasteiger partial charge is 0.399 e. The summed E-state index contributed by atoms with van der Waals surface area (Å²) in [5.74, 6) is -0.461. The zero-order chi connectivity index (χ0) is 17.9. The van der Waals surface area contributed by atoms with E-state index in [2.05, 4.69) is 5.32 Å². The average molecular weight is 325 g/mol. The Balaban J connectivity index is 2.07. The summed E-state index contributed by atoms with van der Waals surface area (Å²) in [6.07, 6.45) is 0. The Morgan fingerprint density at radius 1 is 1.08 bits per heavy atom. The number of benzene rings is 2. The topological polar surface area (TPSA) is 75.4 Å². The molecular weight excluding hydrogens is 302 g/mol. The molecular formula is C19H23N3O2. The van der Waals surface area contributed by atoms with Crippen LogP contribution in [-0.2, 0) is 4.79 Å². The number of carbonyl (C=O) groups is 2. The number of nitrogens with two attached hydrogens (primary N) is 1. The van der Waals surface area contributed by atoms with Crippen LogP contribution in [0.5, 0.6) is 0 Å². The van der Waals surface area contributed by atoms with Gasteiger partial charge < -0.3 is 16.0 Å². The number of aryl methyl sites for hydroxylation is 2. The predicted molar refractivity (Wildman–Crippen MR) is 97.1 cm³/mol. The van der Waals surface area contributed by atoms with Gasteiger partial charge in [-0.25, -0.2) is 0 Å². The van der Waals surface area contributed by atoms with Gasteiger partial charge in [-0.3, -0.25) is 9.59 Å². The molecule has 0 heterocycles. The van der Waals surface area contributed by atoms with Crippen molar-refractivity contribution in [2.24, 2.45) is 0 Å². The van der Waals surface area contributed by atoms with Gasteiger partial charge in [-0.15, -0.1) is 0 Å². The number of nitrogens with one attached hydrogen (secondary N) is 1. The molecule has 2 aromatic carbocycles. The number of anilines is 2. The number of amides is 2. The predicted octanol–water partition coefficient (Wildman–Crippen LogP) is 2.90. The molecule has 5 heteroatoms. The molecule has 0 fully saturated rings. The Hall–Kier alpha value is -2.82. The number of rotatable bonds is 4. The highest BCUT2D eigenvalue weighted by atomic mass is 16.2. The lowest BCUT2D eigenvalue weighted by Crippen LogP contribution is -2.35. The third kappa shape index (κ3) is 3.93. The first-order valence-corrected chi connectivity index (χ1v) is 7.77. The second-order valence-corrected chi connectivity index (χ2v) is 6.03. The van der Waals surface area contributed by atoms with Crippen LogP contribution in [0.2, 0.25) is 0 Å². The summed E-state index contributed by atoms with van der Waals surface area (Å²) >= 11 is 0. The smallest absolute Gasteiger partial charge is 0.254 e. The molecule has 0 radical (unpaired) electrons. The number of carbonyl (C=O) groups excluding carboxylic acids is 2. The first-order valence-electron chi connectivity index (χ1n) is 7.77. The van der Waals surface area contributed by atoms with E-state index in [4.69, 9.17) is 5.73 Å². The first kappa shape index (κ1) is 17.5. The van der Waals surface area contributed by atoms with Gasteiger partial charge in [-0.1, -0.05) is 18.2 Å². The van der Waals surface area contributed by atoms with Gasteiger partial charge in [0.1, 0.15) is 0 Å². The quantitative estimate of drug-likeness (QED) is 0.849. The molecule has 2 aromatic rings. The SMILES string of the molecule is Cc1ccc(N)cc1C(=O)N(C)CC(=O)Nc1cccc(C)c1C. The van der Waals surface area contributed by atoms with Crippen LogP contribution in [0, 0.1) is 20.8 Å². The van der Waals surface area contributed by atoms with Gasteiger partial charge in [0, 0.05) is 24.0 Å². The lowest BCUT2D eigenvalue weighted by Gasteiger charge is -2.19. The number of likely N-dealkylation sites (N-methyl/N-ethyl adjacent to an activating group) is 1. The summed E-state index contributed by atoms with van der Waals surface area (Å²) in [5.41, 5.74) is 10.5. The van der Waals surface area contributed by atoms with Crippen LogP contribution < -0.4 is 11.1 Å². The molecule has 2 amide bonds. The van der Waals surface area contributed by atoms with Crippen molar-refractivity contribution in [3.63, 3.8) is 0 Å². The molecule has 0 aliphatic carbocycles. The maximum absolute atomic E-state index is 12.5. The van der Waals surface area contributed by atoms with E-state index >= 15 is 0 Å². The molecule has 126 valence electrons. The van der Waals surface area contributed by atoms with Gasteiger partial charge in [0.2, 0.25) is 5.91 Å². The van der Waals surface area contributed by atoms with Crippen molar-refractivity contribution >= 4 is 23.2 Å². The van der Waals surface area contributed by atoms with Crippen molar-refractivity contribution in [2.45, 2.75) is 20.8 Å². The van der Waals surface area contributed by atoms with E-state index in [0.717, 1.165) is 22.4 Å². The standard InChI is InChI=1S/C19H23N3O2/c1-12-6-5-7-17(14(12)3)21-18(23)11-22(4)19(24)16-10-15(20)9-8-13(16)2/h5-10H,11,20H2,1-4H3,(H,21,23). The van der Waals surface area contributed by atoms with Gasteiger partial charge in [0.05, 0.1) is 6.54 Å². The average Bonchev–Trinajstić information content (AvgIpc) is 2.53. The van der Waals surface area contributed by atoms with Crippen LogP contribution in [-0.4, -0.2) is 30.3 Å². The van der Waals surface area contributed by atoms with E-state index in [1.54, 1.807) is 25.2 Å². The molecule has 0 spiro atoms. The highest BCUT2D eigenvalue weighted by Gasteiger charge is 2.17. The summed E-state index contributed by atoms with van der Waals surface area (Å²) in [4.78, 5) is 26.2. The number of nitrogens with zero attached hydrogens (tertiary/aromatic N) is 1. The molecule has 5 nitrogen and oxygen atoms in total. The van der Waals surface area contributed by atoms with Crippen LogP contribution in [0.4, 0.5) is 11.4 Å². The van der Waals surface area contributed by atoms with Gasteiger partial charge in [0.15, 0.2) is 0 Å². The molecule has 0 saturated carbocycles. The second kappa shape index (κ2) is 7.17. The summed E-state index contributed by atoms with van der Waals surface area (Å²) in [5, 5.41) is 2.86. The summed E-state index contributed by atoms with van der Waals surface area (Å²) in [7, 11) is 1.60. The van der Waals surface area contributed by atoms with Crippen molar-refractivity contribution in [2.75, 3.05) is 24.6 Å². The van der Waals surface area contributed by atoms with Gasteiger partial charge in [0.25, 0.3) is 5.91 Å². The molecule has 0 atom stereocenters. The highest BCUT2D eigenvalue weighted by molar-refractivity contribution is 6.00. The minimum Gasteiger partial charge on any atom is -0.399 e. The summed E-state index contributed by atoms with van der Waals surface area (Å²) in [6.45, 7) is 5.76. The summed E-state index contributed by atoms with van der Waals surface area (Å²) in [6, 6.07) is 10.9. The monoisotopic (exact) mass is 325 g/mol. The normalized spacial score (nSPS) is 10.3. The maximum Gasteiger partial charge on any atom is 0.254 e. The third-order valence-corrected chi connectivity index (χ3v) is 4.10. The number of hydrogen-bond acceptors (Lipinski definition) is 3. The first-order chi connectivity index (χ1) is 11.3. The number of hydrogen-bond donors (Lipinski definition) is 2. The zero-order valence-corrected chi connectivity index (χ0v) is 14.5. The molecule has 0 saturated heterocycles. The lowest BCUT2D eigenvalue weighted by atomic mass is 10.1. The molecule has 0 bridgehead atoms. The Labute approximate surface area is 142 Å². The Morgan fingerprint density at radius 3 is 2.50 bits per heavy atom. The van der Waals surface area contributed by atoms with E-state index in [0.29, 0.717) is 11.3 Å². The Kier molecular flexibility index (Phi) is 5.24. The van der Waals surface area contributed by atoms with Crippen molar-refractivity contribution in [3.05, 3.63) is 58.7 Å². The lowest BCUT2D eigenvalue weighted by molar-refractivity contribution is -0.116. The minimum absolute atomic E-state index is 0.0273. The Morgan fingerprint density at radius 2 is 1.79 bits per heavy atom. The minimum atomic E-state index is -0.235. The van der Waals surface area contributed by atoms with E-state index < -0.39 is 0 Å². The molecule has 0 aromatic heterocycles. The van der Waals surface area contributed by atoms with E-state index in [1.807, 2.05) is 39.0 Å². The van der Waals surface area contributed by atoms with E-state index in [-0.39, 0.29) is 18.4 Å². The van der Waals surface area contributed by atoms with Gasteiger partial charge in [-0.05, 0) is 55.7 Å². The van der Waals surface area contributed by atoms with Gasteiger partial charge in [-0.2, -0.15) is 0 Å².